The highest BCUT2D eigenvalue weighted by Gasteiger charge is 2.39. The van der Waals surface area contributed by atoms with Crippen LogP contribution in [0.25, 0.3) is 27.5 Å². The Bertz CT molecular complexity index is 1780. The minimum atomic E-state index is -0.294. The minimum Gasteiger partial charge on any atom is -0.333 e. The SMILES string of the molecule is O=C1c2cc3c(cc2N(c2ccccc2)C2C=CC=CC12)c(=O)c1ccccc1n3-c1ccccc1. The lowest BCUT2D eigenvalue weighted by molar-refractivity contribution is 0.0931. The summed E-state index contributed by atoms with van der Waals surface area (Å²) in [4.78, 5) is 29.9. The van der Waals surface area contributed by atoms with Crippen LogP contribution in [0.2, 0.25) is 0 Å². The van der Waals surface area contributed by atoms with Crippen LogP contribution in [0, 0.1) is 5.92 Å². The summed E-state index contributed by atoms with van der Waals surface area (Å²) in [6.07, 6.45) is 8.00. The van der Waals surface area contributed by atoms with Crippen molar-refractivity contribution in [3.63, 3.8) is 0 Å². The molecule has 2 aliphatic rings. The van der Waals surface area contributed by atoms with Crippen molar-refractivity contribution in [3.8, 4) is 5.69 Å². The van der Waals surface area contributed by atoms with Crippen molar-refractivity contribution in [2.45, 2.75) is 6.04 Å². The predicted molar refractivity (Wildman–Crippen MR) is 146 cm³/mol. The van der Waals surface area contributed by atoms with Gasteiger partial charge in [-0.15, -0.1) is 0 Å². The second-order valence-electron chi connectivity index (χ2n) is 9.26. The number of fused-ring (bicyclic) bond motifs is 4. The van der Waals surface area contributed by atoms with Crippen LogP contribution in [-0.4, -0.2) is 16.4 Å². The average Bonchev–Trinajstić information content (AvgIpc) is 2.94. The highest BCUT2D eigenvalue weighted by molar-refractivity contribution is 6.12. The molecular formula is C32H22N2O2. The molecule has 0 saturated carbocycles. The van der Waals surface area contributed by atoms with E-state index in [1.807, 2.05) is 103 Å². The summed E-state index contributed by atoms with van der Waals surface area (Å²) < 4.78 is 2.09. The number of carbonyl (C=O) groups is 1. The highest BCUT2D eigenvalue weighted by atomic mass is 16.1. The molecule has 0 spiro atoms. The van der Waals surface area contributed by atoms with Gasteiger partial charge in [0.1, 0.15) is 0 Å². The number of aromatic nitrogens is 1. The summed E-state index contributed by atoms with van der Waals surface area (Å²) >= 11 is 0. The molecule has 0 amide bonds. The van der Waals surface area contributed by atoms with Gasteiger partial charge in [0.15, 0.2) is 11.2 Å². The summed E-state index contributed by atoms with van der Waals surface area (Å²) in [7, 11) is 0. The predicted octanol–water partition coefficient (Wildman–Crippen LogP) is 6.59. The molecule has 7 rings (SSSR count). The van der Waals surface area contributed by atoms with Gasteiger partial charge >= 0.3 is 0 Å². The molecule has 2 atom stereocenters. The molecule has 4 aromatic carbocycles. The number of Topliss-reactive ketones (excluding diaryl/α,β-unsaturated/α-hetero) is 1. The lowest BCUT2D eigenvalue weighted by Gasteiger charge is -2.41. The van der Waals surface area contributed by atoms with E-state index < -0.39 is 0 Å². The number of allylic oxidation sites excluding steroid dienone is 2. The molecule has 1 aliphatic heterocycles. The van der Waals surface area contributed by atoms with E-state index >= 15 is 0 Å². The Balaban J connectivity index is 1.62. The molecule has 4 heteroatoms. The van der Waals surface area contributed by atoms with Crippen molar-refractivity contribution >= 4 is 39.0 Å². The van der Waals surface area contributed by atoms with E-state index in [-0.39, 0.29) is 23.2 Å². The van der Waals surface area contributed by atoms with E-state index in [2.05, 4.69) is 27.7 Å². The Morgan fingerprint density at radius 2 is 1.28 bits per heavy atom. The van der Waals surface area contributed by atoms with Crippen LogP contribution < -0.4 is 10.3 Å². The van der Waals surface area contributed by atoms with Gasteiger partial charge in [-0.1, -0.05) is 72.8 Å². The topological polar surface area (TPSA) is 42.3 Å². The number of ketones is 1. The Labute approximate surface area is 208 Å². The van der Waals surface area contributed by atoms with Crippen molar-refractivity contribution in [2.75, 3.05) is 4.90 Å². The third kappa shape index (κ3) is 2.94. The van der Waals surface area contributed by atoms with Crippen LogP contribution >= 0.6 is 0 Å². The van der Waals surface area contributed by atoms with Crippen LogP contribution in [0.1, 0.15) is 10.4 Å². The monoisotopic (exact) mass is 466 g/mol. The molecule has 0 N–H and O–H groups in total. The maximum absolute atomic E-state index is 13.9. The maximum atomic E-state index is 13.9. The molecule has 0 bridgehead atoms. The summed E-state index contributed by atoms with van der Waals surface area (Å²) in [5.41, 5.74) is 4.86. The van der Waals surface area contributed by atoms with E-state index in [0.717, 1.165) is 28.1 Å². The molecule has 0 radical (unpaired) electrons. The zero-order chi connectivity index (χ0) is 24.2. The lowest BCUT2D eigenvalue weighted by Crippen LogP contribution is -2.44. The fourth-order valence-corrected chi connectivity index (χ4v) is 5.66. The summed E-state index contributed by atoms with van der Waals surface area (Å²) in [6.45, 7) is 0. The normalized spacial score (nSPS) is 18.4. The number of hydrogen-bond donors (Lipinski definition) is 0. The molecular weight excluding hydrogens is 444 g/mol. The van der Waals surface area contributed by atoms with Gasteiger partial charge in [-0.3, -0.25) is 9.59 Å². The molecule has 0 fully saturated rings. The second kappa shape index (κ2) is 7.92. The molecule has 2 unspecified atom stereocenters. The number of benzene rings is 4. The Hall–Kier alpha value is -4.70. The molecule has 1 aromatic heterocycles. The van der Waals surface area contributed by atoms with Gasteiger partial charge in [-0.2, -0.15) is 0 Å². The average molecular weight is 467 g/mol. The van der Waals surface area contributed by atoms with Crippen LogP contribution in [0.3, 0.4) is 0 Å². The number of carbonyl (C=O) groups excluding carboxylic acids is 1. The Morgan fingerprint density at radius 3 is 2.06 bits per heavy atom. The number of rotatable bonds is 2. The van der Waals surface area contributed by atoms with Gasteiger partial charge in [-0.25, -0.2) is 0 Å². The van der Waals surface area contributed by atoms with E-state index in [4.69, 9.17) is 0 Å². The fourth-order valence-electron chi connectivity index (χ4n) is 5.66. The largest absolute Gasteiger partial charge is 0.333 e. The van der Waals surface area contributed by atoms with E-state index in [0.29, 0.717) is 16.3 Å². The van der Waals surface area contributed by atoms with E-state index in [1.165, 1.54) is 0 Å². The Morgan fingerprint density at radius 1 is 0.611 bits per heavy atom. The zero-order valence-electron chi connectivity index (χ0n) is 19.4. The molecule has 2 heterocycles. The summed E-state index contributed by atoms with van der Waals surface area (Å²) in [5, 5.41) is 1.25. The van der Waals surface area contributed by atoms with E-state index in [9.17, 15) is 9.59 Å². The first-order chi connectivity index (χ1) is 17.7. The van der Waals surface area contributed by atoms with Crippen LogP contribution in [-0.2, 0) is 0 Å². The van der Waals surface area contributed by atoms with Crippen LogP contribution in [0.15, 0.2) is 126 Å². The van der Waals surface area contributed by atoms with Gasteiger partial charge in [0.2, 0.25) is 0 Å². The number of nitrogens with zero attached hydrogens (tertiary/aromatic N) is 2. The lowest BCUT2D eigenvalue weighted by atomic mass is 9.81. The highest BCUT2D eigenvalue weighted by Crippen LogP contribution is 2.43. The van der Waals surface area contributed by atoms with Gasteiger partial charge in [-0.05, 0) is 48.5 Å². The summed E-state index contributed by atoms with van der Waals surface area (Å²) in [6, 6.07) is 31.5. The van der Waals surface area contributed by atoms with Crippen molar-refractivity contribution in [3.05, 3.63) is 137 Å². The first-order valence-electron chi connectivity index (χ1n) is 12.1. The minimum absolute atomic E-state index is 0.0303. The standard InChI is InChI=1S/C32H22N2O2/c35-31-23-15-7-9-17-27(23)33(21-11-3-1-4-12-21)29-19-26-30(20-25(29)31)34(22-13-5-2-6-14-22)28-18-10-8-16-24(28)32(26)36/h1-20,23,27H. The van der Waals surface area contributed by atoms with Crippen LogP contribution in [0.5, 0.6) is 0 Å². The van der Waals surface area contributed by atoms with Gasteiger partial charge in [0.25, 0.3) is 0 Å². The van der Waals surface area contributed by atoms with Crippen molar-refractivity contribution in [2.24, 2.45) is 5.92 Å². The molecule has 0 saturated heterocycles. The third-order valence-electron chi connectivity index (χ3n) is 7.27. The first-order valence-corrected chi connectivity index (χ1v) is 12.1. The second-order valence-corrected chi connectivity index (χ2v) is 9.26. The van der Waals surface area contributed by atoms with Gasteiger partial charge < -0.3 is 9.47 Å². The molecule has 5 aromatic rings. The smallest absolute Gasteiger partial charge is 0.197 e. The summed E-state index contributed by atoms with van der Waals surface area (Å²) in [5.74, 6) is -0.220. The molecule has 172 valence electrons. The van der Waals surface area contributed by atoms with Crippen molar-refractivity contribution < 1.29 is 4.79 Å². The van der Waals surface area contributed by atoms with Gasteiger partial charge in [0, 0.05) is 27.7 Å². The van der Waals surface area contributed by atoms with E-state index in [1.54, 1.807) is 0 Å². The van der Waals surface area contributed by atoms with Gasteiger partial charge in [0.05, 0.1) is 28.7 Å². The number of pyridine rings is 1. The quantitative estimate of drug-likeness (QED) is 0.276. The molecule has 1 aliphatic carbocycles. The molecule has 4 nitrogen and oxygen atoms in total. The zero-order valence-corrected chi connectivity index (χ0v) is 19.4. The number of hydrogen-bond acceptors (Lipinski definition) is 3. The number of para-hydroxylation sites is 3. The fraction of sp³-hybridized carbons (Fsp3) is 0.0625. The maximum Gasteiger partial charge on any atom is 0.197 e. The Kier molecular flexibility index (Phi) is 4.55. The first kappa shape index (κ1) is 20.7. The van der Waals surface area contributed by atoms with Crippen LogP contribution in [0.4, 0.5) is 11.4 Å². The number of anilines is 2. The third-order valence-corrected chi connectivity index (χ3v) is 7.27. The van der Waals surface area contributed by atoms with Crippen molar-refractivity contribution in [1.29, 1.82) is 0 Å². The van der Waals surface area contributed by atoms with Crippen molar-refractivity contribution in [1.82, 2.24) is 4.57 Å². The molecule has 36 heavy (non-hydrogen) atoms.